The number of aromatic hydroxyl groups is 2. The van der Waals surface area contributed by atoms with E-state index in [9.17, 15) is 19.4 Å². The molecular weight excluding hydrogens is 443 g/mol. The Kier molecular flexibility index (Phi) is 6.46. The Morgan fingerprint density at radius 1 is 1.10 bits per heavy atom. The summed E-state index contributed by atoms with van der Waals surface area (Å²) in [7, 11) is 0. The van der Waals surface area contributed by atoms with Crippen molar-refractivity contribution in [2.24, 2.45) is 5.10 Å². The lowest BCUT2D eigenvalue weighted by Crippen LogP contribution is -2.17. The minimum atomic E-state index is -0.615. The lowest BCUT2D eigenvalue weighted by Gasteiger charge is -2.10. The van der Waals surface area contributed by atoms with Gasteiger partial charge in [0.1, 0.15) is 29.7 Å². The van der Waals surface area contributed by atoms with Crippen LogP contribution in [-0.2, 0) is 6.61 Å². The van der Waals surface area contributed by atoms with Crippen LogP contribution in [0.1, 0.15) is 21.5 Å². The summed E-state index contributed by atoms with van der Waals surface area (Å²) >= 11 is 3.36. The van der Waals surface area contributed by atoms with Crippen molar-refractivity contribution in [3.63, 3.8) is 0 Å². The first kappa shape index (κ1) is 20.3. The minimum Gasteiger partial charge on any atom is -0.508 e. The van der Waals surface area contributed by atoms with Crippen LogP contribution in [0, 0.1) is 5.82 Å². The van der Waals surface area contributed by atoms with Crippen LogP contribution in [0.25, 0.3) is 0 Å². The summed E-state index contributed by atoms with van der Waals surface area (Å²) in [5.41, 5.74) is 3.32. The van der Waals surface area contributed by atoms with E-state index >= 15 is 0 Å². The van der Waals surface area contributed by atoms with Crippen molar-refractivity contribution >= 4 is 28.1 Å². The molecule has 8 heteroatoms. The number of phenols is 2. The maximum absolute atomic E-state index is 13.8. The van der Waals surface area contributed by atoms with Crippen LogP contribution < -0.4 is 10.2 Å². The third-order valence-electron chi connectivity index (χ3n) is 3.85. The molecule has 0 fully saturated rings. The Morgan fingerprint density at radius 2 is 1.83 bits per heavy atom. The Hall–Kier alpha value is -3.39. The van der Waals surface area contributed by atoms with Crippen molar-refractivity contribution in [1.82, 2.24) is 5.43 Å². The van der Waals surface area contributed by atoms with E-state index in [0.717, 1.165) is 10.5 Å². The lowest BCUT2D eigenvalue weighted by atomic mass is 10.2. The number of carbonyl (C=O) groups is 1. The number of halogens is 2. The molecule has 0 unspecified atom stereocenters. The Bertz CT molecular complexity index is 1050. The number of hydrazone groups is 1. The molecule has 6 nitrogen and oxygen atoms in total. The van der Waals surface area contributed by atoms with Crippen LogP contribution >= 0.6 is 15.9 Å². The third-order valence-corrected chi connectivity index (χ3v) is 4.34. The summed E-state index contributed by atoms with van der Waals surface area (Å²) in [6.45, 7) is 0.0318. The first-order chi connectivity index (χ1) is 13.9. The van der Waals surface area contributed by atoms with Gasteiger partial charge in [0.05, 0.1) is 6.21 Å². The molecule has 0 bridgehead atoms. The van der Waals surface area contributed by atoms with Crippen LogP contribution in [0.15, 0.2) is 70.2 Å². The van der Waals surface area contributed by atoms with Crippen LogP contribution in [0.3, 0.4) is 0 Å². The molecule has 0 aliphatic rings. The molecule has 3 rings (SSSR count). The molecule has 3 aromatic carbocycles. The molecule has 148 valence electrons. The highest BCUT2D eigenvalue weighted by Gasteiger charge is 2.09. The number of rotatable bonds is 6. The molecule has 3 aromatic rings. The second kappa shape index (κ2) is 9.20. The van der Waals surface area contributed by atoms with Gasteiger partial charge in [-0.25, -0.2) is 9.82 Å². The molecule has 0 saturated heterocycles. The van der Waals surface area contributed by atoms with Gasteiger partial charge in [-0.3, -0.25) is 4.79 Å². The fourth-order valence-corrected chi connectivity index (χ4v) is 2.85. The number of ether oxygens (including phenoxy) is 1. The number of hydrogen-bond acceptors (Lipinski definition) is 5. The van der Waals surface area contributed by atoms with Gasteiger partial charge in [-0.1, -0.05) is 34.1 Å². The highest BCUT2D eigenvalue weighted by Crippen LogP contribution is 2.23. The predicted octanol–water partition coefficient (Wildman–Crippen LogP) is 4.34. The highest BCUT2D eigenvalue weighted by atomic mass is 79.9. The maximum atomic E-state index is 13.8. The topological polar surface area (TPSA) is 91.2 Å². The quantitative estimate of drug-likeness (QED) is 0.378. The van der Waals surface area contributed by atoms with E-state index in [-0.39, 0.29) is 29.5 Å². The van der Waals surface area contributed by atoms with Crippen LogP contribution in [-0.4, -0.2) is 22.3 Å². The molecule has 1 amide bonds. The largest absolute Gasteiger partial charge is 0.508 e. The molecule has 0 saturated carbocycles. The molecule has 3 N–H and O–H groups in total. The van der Waals surface area contributed by atoms with Crippen LogP contribution in [0.4, 0.5) is 4.39 Å². The summed E-state index contributed by atoms with van der Waals surface area (Å²) in [5.74, 6) is -1.01. The first-order valence-corrected chi connectivity index (χ1v) is 9.24. The molecule has 0 aliphatic carbocycles. The average molecular weight is 459 g/mol. The molecule has 0 spiro atoms. The van der Waals surface area contributed by atoms with Crippen molar-refractivity contribution in [2.75, 3.05) is 0 Å². The predicted molar refractivity (Wildman–Crippen MR) is 110 cm³/mol. The van der Waals surface area contributed by atoms with Gasteiger partial charge < -0.3 is 14.9 Å². The molecule has 29 heavy (non-hydrogen) atoms. The number of nitrogens with one attached hydrogen (secondary N) is 1. The van der Waals surface area contributed by atoms with Crippen molar-refractivity contribution < 1.29 is 24.1 Å². The molecule has 0 radical (unpaired) electrons. The van der Waals surface area contributed by atoms with Crippen LogP contribution in [0.2, 0.25) is 0 Å². The van der Waals surface area contributed by atoms with E-state index in [1.807, 2.05) is 0 Å². The van der Waals surface area contributed by atoms with Gasteiger partial charge in [-0.2, -0.15) is 5.10 Å². The van der Waals surface area contributed by atoms with Gasteiger partial charge in [0.15, 0.2) is 0 Å². The molecule has 0 atom stereocenters. The van der Waals surface area contributed by atoms with E-state index in [4.69, 9.17) is 4.74 Å². The maximum Gasteiger partial charge on any atom is 0.271 e. The third kappa shape index (κ3) is 5.55. The van der Waals surface area contributed by atoms with Crippen molar-refractivity contribution in [3.8, 4) is 17.2 Å². The number of phenolic OH excluding ortho intramolecular Hbond substituents is 2. The number of nitrogens with zero attached hydrogens (tertiary/aromatic N) is 1. The van der Waals surface area contributed by atoms with E-state index in [2.05, 4.69) is 26.5 Å². The van der Waals surface area contributed by atoms with Gasteiger partial charge in [0, 0.05) is 27.2 Å². The number of hydrogen-bond donors (Lipinski definition) is 3. The smallest absolute Gasteiger partial charge is 0.271 e. The van der Waals surface area contributed by atoms with Crippen molar-refractivity contribution in [1.29, 1.82) is 0 Å². The summed E-state index contributed by atoms with van der Waals surface area (Å²) < 4.78 is 20.2. The zero-order valence-electron chi connectivity index (χ0n) is 15.0. The normalized spacial score (nSPS) is 10.8. The fraction of sp³-hybridized carbons (Fsp3) is 0.0476. The van der Waals surface area contributed by atoms with E-state index in [0.29, 0.717) is 16.9 Å². The zero-order valence-corrected chi connectivity index (χ0v) is 16.6. The molecular formula is C21H16BrFN2O4. The number of benzene rings is 3. The van der Waals surface area contributed by atoms with Crippen molar-refractivity contribution in [2.45, 2.75) is 6.61 Å². The summed E-state index contributed by atoms with van der Waals surface area (Å²) in [6.07, 6.45) is 1.38. The average Bonchev–Trinajstić information content (AvgIpc) is 2.67. The standard InChI is InChI=1S/C21H16BrFN2O4/c22-16-5-6-20(29-12-13-3-1-2-4-19(13)23)15(7-16)11-24-25-21(28)14-8-17(26)10-18(27)9-14/h1-11,26-27H,12H2,(H,25,28)/b24-11+. The van der Waals surface area contributed by atoms with Gasteiger partial charge in [-0.05, 0) is 36.4 Å². The summed E-state index contributed by atoms with van der Waals surface area (Å²) in [4.78, 5) is 12.1. The van der Waals surface area contributed by atoms with Gasteiger partial charge in [0.2, 0.25) is 0 Å². The fourth-order valence-electron chi connectivity index (χ4n) is 2.47. The minimum absolute atomic E-state index is 0.0318. The number of amides is 1. The van der Waals surface area contributed by atoms with Gasteiger partial charge >= 0.3 is 0 Å². The van der Waals surface area contributed by atoms with E-state index in [1.165, 1.54) is 24.4 Å². The monoisotopic (exact) mass is 458 g/mol. The Balaban J connectivity index is 1.72. The molecule has 0 aromatic heterocycles. The number of carbonyl (C=O) groups excluding carboxylic acids is 1. The Labute approximate surface area is 174 Å². The van der Waals surface area contributed by atoms with E-state index < -0.39 is 5.91 Å². The first-order valence-electron chi connectivity index (χ1n) is 8.44. The highest BCUT2D eigenvalue weighted by molar-refractivity contribution is 9.10. The SMILES string of the molecule is O=C(N/N=C/c1cc(Br)ccc1OCc1ccccc1F)c1cc(O)cc(O)c1. The second-order valence-corrected chi connectivity index (χ2v) is 6.92. The molecule has 0 heterocycles. The van der Waals surface area contributed by atoms with Crippen LogP contribution in [0.5, 0.6) is 17.2 Å². The second-order valence-electron chi connectivity index (χ2n) is 6.00. The van der Waals surface area contributed by atoms with Crippen molar-refractivity contribution in [3.05, 3.63) is 87.6 Å². The zero-order chi connectivity index (χ0) is 20.8. The lowest BCUT2D eigenvalue weighted by molar-refractivity contribution is 0.0954. The summed E-state index contributed by atoms with van der Waals surface area (Å²) in [6, 6.07) is 15.0. The molecule has 0 aliphatic heterocycles. The van der Waals surface area contributed by atoms with Gasteiger partial charge in [0.25, 0.3) is 5.91 Å². The summed E-state index contributed by atoms with van der Waals surface area (Å²) in [5, 5.41) is 22.8. The van der Waals surface area contributed by atoms with E-state index in [1.54, 1.807) is 36.4 Å². The Morgan fingerprint density at radius 3 is 2.55 bits per heavy atom. The van der Waals surface area contributed by atoms with Gasteiger partial charge in [-0.15, -0.1) is 0 Å².